The van der Waals surface area contributed by atoms with Gasteiger partial charge >= 0.3 is 5.97 Å². The molecule has 0 aromatic heterocycles. The number of rotatable bonds is 3. The van der Waals surface area contributed by atoms with Crippen LogP contribution in [0.4, 0.5) is 0 Å². The number of hydrogen-bond donors (Lipinski definition) is 0. The van der Waals surface area contributed by atoms with Crippen molar-refractivity contribution in [2.45, 2.75) is 13.8 Å². The largest absolute Gasteiger partial charge is 0.462 e. The van der Waals surface area contributed by atoms with Gasteiger partial charge in [0.15, 0.2) is 0 Å². The molecule has 0 saturated carbocycles. The zero-order valence-corrected chi connectivity index (χ0v) is 7.14. The monoisotopic (exact) mass is 176 g/mol. The van der Waals surface area contributed by atoms with Gasteiger partial charge in [0.2, 0.25) is 5.24 Å². The molecule has 0 rings (SSSR count). The van der Waals surface area contributed by atoms with E-state index >= 15 is 0 Å². The first kappa shape index (κ1) is 10.2. The van der Waals surface area contributed by atoms with E-state index in [1.165, 1.54) is 13.0 Å². The van der Waals surface area contributed by atoms with Gasteiger partial charge in [-0.25, -0.2) is 0 Å². The fraction of sp³-hybridized carbons (Fsp3) is 0.429. The van der Waals surface area contributed by atoms with Gasteiger partial charge in [-0.2, -0.15) is 0 Å². The second kappa shape index (κ2) is 4.91. The Bertz CT molecular complexity index is 196. The van der Waals surface area contributed by atoms with Crippen LogP contribution in [-0.4, -0.2) is 17.8 Å². The highest BCUT2D eigenvalue weighted by atomic mass is 35.5. The maximum absolute atomic E-state index is 10.4. The molecule has 0 saturated heterocycles. The van der Waals surface area contributed by atoms with Crippen LogP contribution < -0.4 is 0 Å². The summed E-state index contributed by atoms with van der Waals surface area (Å²) in [5.74, 6) is -0.379. The average molecular weight is 177 g/mol. The van der Waals surface area contributed by atoms with E-state index < -0.39 is 5.24 Å². The molecule has 0 aliphatic rings. The van der Waals surface area contributed by atoms with Gasteiger partial charge in [-0.1, -0.05) is 0 Å². The minimum atomic E-state index is -0.530. The minimum absolute atomic E-state index is 0.0969. The molecule has 0 bridgehead atoms. The zero-order valence-electron chi connectivity index (χ0n) is 6.39. The molecule has 0 N–H and O–H groups in total. The van der Waals surface area contributed by atoms with Crippen LogP contribution >= 0.6 is 11.6 Å². The lowest BCUT2D eigenvalue weighted by atomic mass is 10.3. The third kappa shape index (κ3) is 5.61. The Morgan fingerprint density at radius 1 is 1.45 bits per heavy atom. The summed E-state index contributed by atoms with van der Waals surface area (Å²) in [5, 5.41) is -0.530. The average Bonchev–Trinajstić information content (AvgIpc) is 1.86. The number of allylic oxidation sites excluding steroid dienone is 1. The Hall–Kier alpha value is -0.830. The quantitative estimate of drug-likeness (QED) is 0.370. The summed E-state index contributed by atoms with van der Waals surface area (Å²) < 4.78 is 4.54. The van der Waals surface area contributed by atoms with Crippen LogP contribution in [0.3, 0.4) is 0 Å². The number of esters is 1. The lowest BCUT2D eigenvalue weighted by Gasteiger charge is -1.95. The predicted molar refractivity (Wildman–Crippen MR) is 41.3 cm³/mol. The van der Waals surface area contributed by atoms with Crippen molar-refractivity contribution >= 4 is 22.8 Å². The number of hydrogen-bond acceptors (Lipinski definition) is 3. The fourth-order valence-electron chi connectivity index (χ4n) is 0.364. The molecular weight excluding hydrogens is 168 g/mol. The third-order valence-corrected chi connectivity index (χ3v) is 1.28. The number of halogens is 1. The summed E-state index contributed by atoms with van der Waals surface area (Å²) in [4.78, 5) is 20.6. The van der Waals surface area contributed by atoms with Crippen LogP contribution in [0, 0.1) is 0 Å². The smallest absolute Gasteiger partial charge is 0.302 e. The van der Waals surface area contributed by atoms with Crippen LogP contribution in [0.25, 0.3) is 0 Å². The predicted octanol–water partition coefficient (Wildman–Crippen LogP) is 1.26. The van der Waals surface area contributed by atoms with Crippen LogP contribution in [0.5, 0.6) is 0 Å². The maximum Gasteiger partial charge on any atom is 0.302 e. The fourth-order valence-corrected chi connectivity index (χ4v) is 0.441. The van der Waals surface area contributed by atoms with Crippen molar-refractivity contribution in [1.29, 1.82) is 0 Å². The molecule has 0 aromatic carbocycles. The highest BCUT2D eigenvalue weighted by Gasteiger charge is 1.97. The molecule has 3 nitrogen and oxygen atoms in total. The van der Waals surface area contributed by atoms with Gasteiger partial charge in [0, 0.05) is 12.5 Å². The summed E-state index contributed by atoms with van der Waals surface area (Å²) in [5.41, 5.74) is 0.382. The molecule has 0 aliphatic carbocycles. The van der Waals surface area contributed by atoms with E-state index in [4.69, 9.17) is 11.6 Å². The first-order valence-electron chi connectivity index (χ1n) is 3.04. The first-order valence-corrected chi connectivity index (χ1v) is 3.41. The highest BCUT2D eigenvalue weighted by molar-refractivity contribution is 6.67. The van der Waals surface area contributed by atoms with E-state index in [0.717, 1.165) is 0 Å². The summed E-state index contributed by atoms with van der Waals surface area (Å²) >= 11 is 5.10. The van der Waals surface area contributed by atoms with Gasteiger partial charge in [-0.15, -0.1) is 0 Å². The molecule has 0 aromatic rings. The van der Waals surface area contributed by atoms with Gasteiger partial charge in [-0.05, 0) is 24.6 Å². The molecule has 4 heteroatoms. The van der Waals surface area contributed by atoms with Gasteiger partial charge in [0.05, 0.1) is 0 Å². The summed E-state index contributed by atoms with van der Waals surface area (Å²) in [7, 11) is 0. The molecule has 0 heterocycles. The van der Waals surface area contributed by atoms with E-state index in [0.29, 0.717) is 5.57 Å². The molecule has 0 fully saturated rings. The topological polar surface area (TPSA) is 43.4 Å². The Labute approximate surface area is 70.0 Å². The molecule has 0 spiro atoms. The Morgan fingerprint density at radius 3 is 2.36 bits per heavy atom. The van der Waals surface area contributed by atoms with Crippen molar-refractivity contribution in [3.63, 3.8) is 0 Å². The van der Waals surface area contributed by atoms with Gasteiger partial charge in [0.1, 0.15) is 6.61 Å². The maximum atomic E-state index is 10.4. The summed E-state index contributed by atoms with van der Waals surface area (Å²) in [6, 6.07) is 0. The zero-order chi connectivity index (χ0) is 8.85. The van der Waals surface area contributed by atoms with Crippen LogP contribution in [0.1, 0.15) is 13.8 Å². The Morgan fingerprint density at radius 2 is 2.00 bits per heavy atom. The van der Waals surface area contributed by atoms with E-state index in [1.807, 2.05) is 0 Å². The first-order chi connectivity index (χ1) is 5.04. The van der Waals surface area contributed by atoms with E-state index in [2.05, 4.69) is 4.74 Å². The van der Waals surface area contributed by atoms with Crippen LogP contribution in [-0.2, 0) is 14.3 Å². The summed E-state index contributed by atoms with van der Waals surface area (Å²) in [6.45, 7) is 2.95. The second-order valence-corrected chi connectivity index (χ2v) is 2.31. The van der Waals surface area contributed by atoms with E-state index in [9.17, 15) is 9.59 Å². The lowest BCUT2D eigenvalue weighted by molar-refractivity contribution is -0.139. The van der Waals surface area contributed by atoms with E-state index in [-0.39, 0.29) is 12.6 Å². The van der Waals surface area contributed by atoms with Crippen molar-refractivity contribution in [3.05, 3.63) is 11.6 Å². The molecule has 62 valence electrons. The molecule has 0 amide bonds. The molecule has 0 aliphatic heterocycles. The Balaban J connectivity index is 3.74. The molecular formula is C7H9ClO3. The number of carbonyl (C=O) groups excluding carboxylic acids is 2. The molecule has 0 atom stereocenters. The molecule has 0 radical (unpaired) electrons. The van der Waals surface area contributed by atoms with E-state index in [1.54, 1.807) is 6.92 Å². The van der Waals surface area contributed by atoms with Crippen LogP contribution in [0.2, 0.25) is 0 Å². The SMILES string of the molecule is CC(=O)OC/C=C(\C)C(=O)Cl. The van der Waals surface area contributed by atoms with Crippen molar-refractivity contribution in [2.24, 2.45) is 0 Å². The third-order valence-electron chi connectivity index (χ3n) is 0.986. The normalized spacial score (nSPS) is 11.0. The minimum Gasteiger partial charge on any atom is -0.462 e. The van der Waals surface area contributed by atoms with Gasteiger partial charge in [0.25, 0.3) is 0 Å². The standard InChI is InChI=1S/C7H9ClO3/c1-5(7(8)10)3-4-11-6(2)9/h3H,4H2,1-2H3/b5-3+. The second-order valence-electron chi connectivity index (χ2n) is 1.96. The number of ether oxygens (including phenoxy) is 1. The summed E-state index contributed by atoms with van der Waals surface area (Å²) in [6.07, 6.45) is 1.46. The van der Waals surface area contributed by atoms with Crippen molar-refractivity contribution in [2.75, 3.05) is 6.61 Å². The molecule has 0 unspecified atom stereocenters. The highest BCUT2D eigenvalue weighted by Crippen LogP contribution is 1.97. The Kier molecular flexibility index (Phi) is 4.54. The van der Waals surface area contributed by atoms with Crippen molar-refractivity contribution in [3.8, 4) is 0 Å². The van der Waals surface area contributed by atoms with Crippen LogP contribution in [0.15, 0.2) is 11.6 Å². The number of carbonyl (C=O) groups is 2. The van der Waals surface area contributed by atoms with Gasteiger partial charge in [-0.3, -0.25) is 9.59 Å². The molecule has 11 heavy (non-hydrogen) atoms. The van der Waals surface area contributed by atoms with Crippen molar-refractivity contribution in [1.82, 2.24) is 0 Å². The van der Waals surface area contributed by atoms with Gasteiger partial charge < -0.3 is 4.74 Å². The lowest BCUT2D eigenvalue weighted by Crippen LogP contribution is -1.99. The van der Waals surface area contributed by atoms with Crippen molar-refractivity contribution < 1.29 is 14.3 Å².